The topological polar surface area (TPSA) is 72.7 Å². The molecule has 2 aromatic carbocycles. The lowest BCUT2D eigenvalue weighted by Crippen LogP contribution is -2.15. The number of nitrogens with one attached hydrogen (secondary N) is 1. The second-order valence-corrected chi connectivity index (χ2v) is 8.00. The van der Waals surface area contributed by atoms with Crippen molar-refractivity contribution in [2.75, 3.05) is 11.1 Å². The Labute approximate surface area is 185 Å². The third kappa shape index (κ3) is 4.83. The van der Waals surface area contributed by atoms with Crippen LogP contribution in [0.25, 0.3) is 17.1 Å². The molecule has 31 heavy (non-hydrogen) atoms. The first-order valence-electron chi connectivity index (χ1n) is 10.1. The Bertz CT molecular complexity index is 1170. The van der Waals surface area contributed by atoms with Crippen LogP contribution in [0.15, 0.2) is 78.2 Å². The van der Waals surface area contributed by atoms with E-state index >= 15 is 0 Å². The van der Waals surface area contributed by atoms with Gasteiger partial charge in [0.1, 0.15) is 0 Å². The lowest BCUT2D eigenvalue weighted by molar-refractivity contribution is -0.113. The zero-order chi connectivity index (χ0) is 21.6. The molecule has 156 valence electrons. The van der Waals surface area contributed by atoms with E-state index in [-0.39, 0.29) is 11.7 Å². The number of para-hydroxylation sites is 1. The van der Waals surface area contributed by atoms with Crippen molar-refractivity contribution in [1.82, 2.24) is 19.7 Å². The van der Waals surface area contributed by atoms with Gasteiger partial charge in [-0.25, -0.2) is 0 Å². The summed E-state index contributed by atoms with van der Waals surface area (Å²) in [7, 11) is 0. The first kappa shape index (κ1) is 20.8. The van der Waals surface area contributed by atoms with Crippen LogP contribution < -0.4 is 5.32 Å². The van der Waals surface area contributed by atoms with Gasteiger partial charge in [0.25, 0.3) is 0 Å². The third-order valence-electron chi connectivity index (χ3n) is 4.87. The highest BCUT2D eigenvalue weighted by atomic mass is 32.2. The molecule has 0 saturated heterocycles. The lowest BCUT2D eigenvalue weighted by Gasteiger charge is -2.11. The second-order valence-electron chi connectivity index (χ2n) is 7.06. The molecular weight excluding hydrogens is 406 g/mol. The van der Waals surface area contributed by atoms with Crippen LogP contribution in [-0.2, 0) is 11.2 Å². The van der Waals surface area contributed by atoms with E-state index in [9.17, 15) is 4.79 Å². The van der Waals surface area contributed by atoms with Gasteiger partial charge in [-0.1, -0.05) is 54.6 Å². The summed E-state index contributed by atoms with van der Waals surface area (Å²) >= 11 is 1.36. The fraction of sp³-hybridized carbons (Fsp3) is 0.167. The van der Waals surface area contributed by atoms with Crippen LogP contribution in [-0.4, -0.2) is 31.4 Å². The summed E-state index contributed by atoms with van der Waals surface area (Å²) in [6.07, 6.45) is 4.32. The molecule has 0 spiro atoms. The van der Waals surface area contributed by atoms with Gasteiger partial charge in [-0.05, 0) is 49.2 Å². The van der Waals surface area contributed by atoms with Gasteiger partial charge in [0.2, 0.25) is 5.91 Å². The Morgan fingerprint density at radius 3 is 2.48 bits per heavy atom. The highest BCUT2D eigenvalue weighted by molar-refractivity contribution is 7.99. The summed E-state index contributed by atoms with van der Waals surface area (Å²) in [5.41, 5.74) is 5.00. The number of hydrogen-bond donors (Lipinski definition) is 1. The molecule has 0 bridgehead atoms. The van der Waals surface area contributed by atoms with Crippen molar-refractivity contribution in [3.8, 4) is 17.1 Å². The van der Waals surface area contributed by atoms with E-state index in [4.69, 9.17) is 0 Å². The van der Waals surface area contributed by atoms with Gasteiger partial charge in [-0.15, -0.1) is 10.2 Å². The van der Waals surface area contributed by atoms with E-state index in [1.807, 2.05) is 60.0 Å². The maximum Gasteiger partial charge on any atom is 0.234 e. The molecule has 0 aliphatic carbocycles. The molecule has 1 N–H and O–H groups in total. The molecule has 0 aliphatic heterocycles. The molecule has 4 aromatic rings. The number of carbonyl (C=O) groups is 1. The van der Waals surface area contributed by atoms with Crippen molar-refractivity contribution in [2.24, 2.45) is 0 Å². The highest BCUT2D eigenvalue weighted by Crippen LogP contribution is 2.28. The minimum absolute atomic E-state index is 0.0742. The van der Waals surface area contributed by atoms with Crippen LogP contribution >= 0.6 is 11.8 Å². The summed E-state index contributed by atoms with van der Waals surface area (Å²) < 4.78 is 1.98. The van der Waals surface area contributed by atoms with E-state index in [0.29, 0.717) is 11.0 Å². The van der Waals surface area contributed by atoms with Crippen molar-refractivity contribution in [3.05, 3.63) is 84.2 Å². The van der Waals surface area contributed by atoms with Gasteiger partial charge in [-0.2, -0.15) is 0 Å². The number of benzene rings is 2. The fourth-order valence-electron chi connectivity index (χ4n) is 3.24. The summed E-state index contributed by atoms with van der Waals surface area (Å²) in [5, 5.41) is 12.5. The van der Waals surface area contributed by atoms with Gasteiger partial charge < -0.3 is 5.32 Å². The largest absolute Gasteiger partial charge is 0.325 e. The van der Waals surface area contributed by atoms with Crippen molar-refractivity contribution >= 4 is 23.4 Å². The number of pyridine rings is 1. The average molecular weight is 430 g/mol. The van der Waals surface area contributed by atoms with Gasteiger partial charge in [0.15, 0.2) is 11.0 Å². The molecule has 0 unspecified atom stereocenters. The average Bonchev–Trinajstić information content (AvgIpc) is 3.23. The first-order valence-corrected chi connectivity index (χ1v) is 11.1. The molecule has 0 radical (unpaired) electrons. The predicted octanol–water partition coefficient (Wildman–Crippen LogP) is 4.93. The van der Waals surface area contributed by atoms with E-state index in [1.54, 1.807) is 12.4 Å². The number of amides is 1. The van der Waals surface area contributed by atoms with Crippen LogP contribution in [0.1, 0.15) is 18.1 Å². The highest BCUT2D eigenvalue weighted by Gasteiger charge is 2.17. The van der Waals surface area contributed by atoms with Crippen LogP contribution in [0.3, 0.4) is 0 Å². The van der Waals surface area contributed by atoms with Crippen molar-refractivity contribution < 1.29 is 4.79 Å². The molecule has 0 atom stereocenters. The molecular formula is C24H23N5OS. The van der Waals surface area contributed by atoms with Crippen LogP contribution in [0, 0.1) is 6.92 Å². The summed E-state index contributed by atoms with van der Waals surface area (Å²) in [6.45, 7) is 4.12. The predicted molar refractivity (Wildman–Crippen MR) is 125 cm³/mol. The fourth-order valence-corrected chi connectivity index (χ4v) is 4.00. The molecule has 6 nitrogen and oxygen atoms in total. The van der Waals surface area contributed by atoms with Gasteiger partial charge in [0, 0.05) is 29.3 Å². The minimum atomic E-state index is -0.0742. The molecule has 2 aromatic heterocycles. The molecule has 2 heterocycles. The first-order chi connectivity index (χ1) is 15.2. The standard InChI is InChI=1S/C24H23N5OS/c1-3-18-6-4-5-7-21(18)26-22(30)16-31-24-28-27-23(19-12-14-25-15-13-19)29(24)20-10-8-17(2)9-11-20/h4-15H,3,16H2,1-2H3,(H,26,30). The monoisotopic (exact) mass is 429 g/mol. The number of rotatable bonds is 7. The molecule has 0 aliphatic rings. The normalized spacial score (nSPS) is 10.8. The van der Waals surface area contributed by atoms with Crippen LogP contribution in [0.2, 0.25) is 0 Å². The van der Waals surface area contributed by atoms with E-state index < -0.39 is 0 Å². The molecule has 0 saturated carbocycles. The second kappa shape index (κ2) is 9.57. The Hall–Kier alpha value is -3.45. The summed E-state index contributed by atoms with van der Waals surface area (Å²) in [5.74, 6) is 0.874. The Morgan fingerprint density at radius 2 is 1.74 bits per heavy atom. The maximum atomic E-state index is 12.6. The van der Waals surface area contributed by atoms with Gasteiger partial charge in [0.05, 0.1) is 5.75 Å². The number of nitrogens with zero attached hydrogens (tertiary/aromatic N) is 4. The van der Waals surface area contributed by atoms with Crippen molar-refractivity contribution in [1.29, 1.82) is 0 Å². The zero-order valence-electron chi connectivity index (χ0n) is 17.4. The minimum Gasteiger partial charge on any atom is -0.325 e. The third-order valence-corrected chi connectivity index (χ3v) is 5.80. The molecule has 4 rings (SSSR count). The Balaban J connectivity index is 1.59. The number of carbonyl (C=O) groups excluding carboxylic acids is 1. The van der Waals surface area contributed by atoms with Crippen LogP contribution in [0.4, 0.5) is 5.69 Å². The number of hydrogen-bond acceptors (Lipinski definition) is 5. The van der Waals surface area contributed by atoms with Gasteiger partial charge in [-0.3, -0.25) is 14.3 Å². The van der Waals surface area contributed by atoms with Gasteiger partial charge >= 0.3 is 0 Å². The van der Waals surface area contributed by atoms with Crippen molar-refractivity contribution in [3.63, 3.8) is 0 Å². The SMILES string of the molecule is CCc1ccccc1NC(=O)CSc1nnc(-c2ccncc2)n1-c1ccc(C)cc1. The van der Waals surface area contributed by atoms with E-state index in [1.165, 1.54) is 17.3 Å². The molecule has 1 amide bonds. The molecule has 7 heteroatoms. The van der Waals surface area contributed by atoms with Crippen molar-refractivity contribution in [2.45, 2.75) is 25.4 Å². The Morgan fingerprint density at radius 1 is 1.00 bits per heavy atom. The number of thioether (sulfide) groups is 1. The smallest absolute Gasteiger partial charge is 0.234 e. The number of aromatic nitrogens is 4. The number of anilines is 1. The zero-order valence-corrected chi connectivity index (χ0v) is 18.3. The maximum absolute atomic E-state index is 12.6. The number of aryl methyl sites for hydroxylation is 2. The molecule has 0 fully saturated rings. The quantitative estimate of drug-likeness (QED) is 0.422. The lowest BCUT2D eigenvalue weighted by atomic mass is 10.1. The summed E-state index contributed by atoms with van der Waals surface area (Å²) in [6, 6.07) is 19.8. The van der Waals surface area contributed by atoms with E-state index in [2.05, 4.69) is 39.6 Å². The summed E-state index contributed by atoms with van der Waals surface area (Å²) in [4.78, 5) is 16.7. The van der Waals surface area contributed by atoms with Crippen LogP contribution in [0.5, 0.6) is 0 Å². The Kier molecular flexibility index (Phi) is 6.43. The van der Waals surface area contributed by atoms with E-state index in [0.717, 1.165) is 28.9 Å².